The number of hydrogen-bond donors (Lipinski definition) is 0. The van der Waals surface area contributed by atoms with Gasteiger partial charge in [-0.15, -0.1) is 0 Å². The van der Waals surface area contributed by atoms with Crippen LogP contribution in [0.2, 0.25) is 0 Å². The van der Waals surface area contributed by atoms with E-state index in [1.807, 2.05) is 12.2 Å². The zero-order chi connectivity index (χ0) is 16.2. The molecule has 1 aromatic carbocycles. The molecule has 2 aromatic rings. The van der Waals surface area contributed by atoms with E-state index in [2.05, 4.69) is 74.4 Å². The molecule has 3 rings (SSSR count). The molecule has 1 aliphatic rings. The molecule has 0 saturated carbocycles. The number of thiophene rings is 1. The first-order valence-corrected chi connectivity index (χ1v) is 8.84. The molecule has 1 heterocycles. The quantitative estimate of drug-likeness (QED) is 0.446. The molecular formula is C22H19S+. The fourth-order valence-electron chi connectivity index (χ4n) is 2.61. The van der Waals surface area contributed by atoms with Gasteiger partial charge in [0.25, 0.3) is 0 Å². The van der Waals surface area contributed by atoms with Crippen LogP contribution in [0.3, 0.4) is 0 Å². The molecule has 0 radical (unpaired) electrons. The summed E-state index contributed by atoms with van der Waals surface area (Å²) < 4.78 is 1.15. The molecule has 1 aromatic heterocycles. The van der Waals surface area contributed by atoms with Gasteiger partial charge in [-0.3, -0.25) is 0 Å². The Labute approximate surface area is 140 Å². The second kappa shape index (κ2) is 6.69. The maximum absolute atomic E-state index is 4.39. The highest BCUT2D eigenvalue weighted by molar-refractivity contribution is 7.39. The van der Waals surface area contributed by atoms with Crippen molar-refractivity contribution >= 4 is 29.2 Å². The third kappa shape index (κ3) is 2.99. The molecule has 112 valence electrons. The predicted octanol–water partition coefficient (Wildman–Crippen LogP) is 4.43. The standard InChI is InChI=1S/C22H19S/c1-4-5-7-10-20-18(3)23(19-15-13-17(2)14-16-19)22-12-9-6-8-11-21(20)22/h4-5,7,9-10,12-16H,1,3,6H2,2H3/q+1/b7-5-,20-10+. The lowest BCUT2D eigenvalue weighted by molar-refractivity contribution is 1.49. The van der Waals surface area contributed by atoms with Gasteiger partial charge in [0.2, 0.25) is 0 Å². The normalized spacial score (nSPS) is 14.3. The predicted molar refractivity (Wildman–Crippen MR) is 104 cm³/mol. The van der Waals surface area contributed by atoms with E-state index < -0.39 is 0 Å². The molecule has 1 unspecified atom stereocenters. The molecule has 0 spiro atoms. The van der Waals surface area contributed by atoms with Gasteiger partial charge in [0.15, 0.2) is 14.3 Å². The molecule has 0 saturated heterocycles. The third-order valence-electron chi connectivity index (χ3n) is 3.75. The second-order valence-electron chi connectivity index (χ2n) is 5.39. The van der Waals surface area contributed by atoms with Crippen molar-refractivity contribution in [2.45, 2.75) is 13.3 Å². The van der Waals surface area contributed by atoms with Crippen LogP contribution >= 0.6 is 10.5 Å². The van der Waals surface area contributed by atoms with Gasteiger partial charge in [0, 0.05) is 16.9 Å². The van der Waals surface area contributed by atoms with Gasteiger partial charge in [0.05, 0.1) is 10.8 Å². The molecule has 0 bridgehead atoms. The van der Waals surface area contributed by atoms with Crippen LogP contribution in [0.4, 0.5) is 0 Å². The number of hydrogen-bond acceptors (Lipinski definition) is 0. The second-order valence-corrected chi connectivity index (χ2v) is 7.41. The van der Waals surface area contributed by atoms with E-state index in [-0.39, 0.29) is 10.5 Å². The molecule has 0 amide bonds. The Hall–Kier alpha value is -2.56. The molecule has 23 heavy (non-hydrogen) atoms. The Bertz CT molecular complexity index is 968. The largest absolute Gasteiger partial charge is 0.195 e. The highest BCUT2D eigenvalue weighted by atomic mass is 32.2. The zero-order valence-electron chi connectivity index (χ0n) is 13.3. The fourth-order valence-corrected chi connectivity index (χ4v) is 4.81. The van der Waals surface area contributed by atoms with E-state index in [0.717, 1.165) is 21.7 Å². The summed E-state index contributed by atoms with van der Waals surface area (Å²) in [5.74, 6) is 6.57. The summed E-state index contributed by atoms with van der Waals surface area (Å²) in [7, 11) is -0.139. The summed E-state index contributed by atoms with van der Waals surface area (Å²) in [6.07, 6.45) is 13.0. The summed E-state index contributed by atoms with van der Waals surface area (Å²) in [5.41, 5.74) is 2.40. The summed E-state index contributed by atoms with van der Waals surface area (Å²) in [4.78, 5) is 2.60. The number of rotatable bonds is 3. The van der Waals surface area contributed by atoms with Gasteiger partial charge in [-0.2, -0.15) is 0 Å². The highest BCUT2D eigenvalue weighted by Crippen LogP contribution is 2.33. The van der Waals surface area contributed by atoms with Crippen LogP contribution in [0.5, 0.6) is 0 Å². The van der Waals surface area contributed by atoms with Gasteiger partial charge in [-0.05, 0) is 37.8 Å². The summed E-state index contributed by atoms with van der Waals surface area (Å²) in [6, 6.07) is 8.76. The van der Waals surface area contributed by atoms with Crippen molar-refractivity contribution in [2.24, 2.45) is 0 Å². The average molecular weight is 315 g/mol. The zero-order valence-corrected chi connectivity index (χ0v) is 14.1. The minimum absolute atomic E-state index is 0.139. The molecule has 0 N–H and O–H groups in total. The van der Waals surface area contributed by atoms with Crippen LogP contribution in [-0.2, 0) is 0 Å². The molecule has 1 aliphatic carbocycles. The Morgan fingerprint density at radius 1 is 1.17 bits per heavy atom. The van der Waals surface area contributed by atoms with Crippen LogP contribution in [0.15, 0.2) is 55.1 Å². The van der Waals surface area contributed by atoms with Crippen molar-refractivity contribution in [3.05, 3.63) is 80.9 Å². The van der Waals surface area contributed by atoms with Crippen LogP contribution < -0.4 is 9.75 Å². The van der Waals surface area contributed by atoms with Crippen LogP contribution in [0, 0.1) is 18.8 Å². The Balaban J connectivity index is 2.34. The molecule has 0 aliphatic heterocycles. The van der Waals surface area contributed by atoms with Crippen molar-refractivity contribution in [3.63, 3.8) is 0 Å². The maximum atomic E-state index is 4.39. The lowest BCUT2D eigenvalue weighted by atomic mass is 10.2. The summed E-state index contributed by atoms with van der Waals surface area (Å²) >= 11 is 0. The van der Waals surface area contributed by atoms with E-state index in [1.54, 1.807) is 6.08 Å². The van der Waals surface area contributed by atoms with Gasteiger partial charge in [-0.25, -0.2) is 0 Å². The van der Waals surface area contributed by atoms with Crippen molar-refractivity contribution < 1.29 is 0 Å². The monoisotopic (exact) mass is 315 g/mol. The van der Waals surface area contributed by atoms with E-state index in [0.29, 0.717) is 0 Å². The van der Waals surface area contributed by atoms with Crippen molar-refractivity contribution in [1.29, 1.82) is 0 Å². The van der Waals surface area contributed by atoms with Crippen LogP contribution in [-0.4, -0.2) is 0 Å². The van der Waals surface area contributed by atoms with Gasteiger partial charge >= 0.3 is 0 Å². The first kappa shape index (κ1) is 15.3. The lowest BCUT2D eigenvalue weighted by Gasteiger charge is -1.94. The minimum Gasteiger partial charge on any atom is -0.0991 e. The first-order valence-electron chi connectivity index (χ1n) is 7.62. The van der Waals surface area contributed by atoms with Crippen molar-refractivity contribution in [1.82, 2.24) is 0 Å². The smallest absolute Gasteiger partial charge is 0.0991 e. The van der Waals surface area contributed by atoms with Gasteiger partial charge in [0.1, 0.15) is 0 Å². The number of benzene rings is 1. The summed E-state index contributed by atoms with van der Waals surface area (Å²) in [5, 5.41) is 1.15. The van der Waals surface area contributed by atoms with Gasteiger partial charge < -0.3 is 0 Å². The highest BCUT2D eigenvalue weighted by Gasteiger charge is 2.24. The fraction of sp³-hybridized carbons (Fsp3) is 0.0909. The molecular weight excluding hydrogens is 296 g/mol. The van der Waals surface area contributed by atoms with E-state index in [4.69, 9.17) is 0 Å². The third-order valence-corrected chi connectivity index (χ3v) is 5.99. The molecule has 0 fully saturated rings. The average Bonchev–Trinajstić information content (AvgIpc) is 2.70. The molecule has 1 atom stereocenters. The Morgan fingerprint density at radius 2 is 1.96 bits per heavy atom. The SMILES string of the molecule is C=C/C=C\C=c1\c2c([s+](-c3ccc(C)cc3)c1=C)C=CCC#C2. The number of fused-ring (bicyclic) bond motifs is 1. The van der Waals surface area contributed by atoms with Crippen molar-refractivity contribution in [3.8, 4) is 16.7 Å². The van der Waals surface area contributed by atoms with E-state index in [9.17, 15) is 0 Å². The van der Waals surface area contributed by atoms with Crippen molar-refractivity contribution in [2.75, 3.05) is 0 Å². The molecule has 0 nitrogen and oxygen atoms in total. The number of aryl methyl sites for hydroxylation is 1. The van der Waals surface area contributed by atoms with E-state index in [1.165, 1.54) is 15.3 Å². The Kier molecular flexibility index (Phi) is 4.46. The van der Waals surface area contributed by atoms with Gasteiger partial charge in [-0.1, -0.05) is 60.4 Å². The topological polar surface area (TPSA) is 0 Å². The maximum Gasteiger partial charge on any atom is 0.195 e. The lowest BCUT2D eigenvalue weighted by Crippen LogP contribution is -2.20. The van der Waals surface area contributed by atoms with Crippen LogP contribution in [0.1, 0.15) is 22.4 Å². The first-order chi connectivity index (χ1) is 11.2. The number of allylic oxidation sites excluding steroid dienone is 4. The van der Waals surface area contributed by atoms with E-state index >= 15 is 0 Å². The van der Waals surface area contributed by atoms with Crippen LogP contribution in [0.25, 0.3) is 23.6 Å². The minimum atomic E-state index is -0.139. The summed E-state index contributed by atoms with van der Waals surface area (Å²) in [6.45, 7) is 10.2. The molecule has 1 heteroatoms. The Morgan fingerprint density at radius 3 is 2.70 bits per heavy atom.